The van der Waals surface area contributed by atoms with Gasteiger partial charge in [-0.1, -0.05) is 18.2 Å². The molecular weight excluding hydrogens is 452 g/mol. The van der Waals surface area contributed by atoms with E-state index in [4.69, 9.17) is 14.5 Å². The number of ether oxygens (including phenoxy) is 2. The molecule has 3 aromatic rings. The number of piperidine rings is 1. The Morgan fingerprint density at radius 1 is 1.09 bits per heavy atom. The van der Waals surface area contributed by atoms with E-state index in [1.807, 2.05) is 18.2 Å². The summed E-state index contributed by atoms with van der Waals surface area (Å²) in [6.07, 6.45) is 1.92. The van der Waals surface area contributed by atoms with Gasteiger partial charge in [0.15, 0.2) is 11.5 Å². The number of fused-ring (bicyclic) bond motifs is 2. The highest BCUT2D eigenvalue weighted by atomic mass is 32.1. The minimum atomic E-state index is -1.13. The molecule has 0 aliphatic carbocycles. The summed E-state index contributed by atoms with van der Waals surface area (Å²) in [5.41, 5.74) is 0.613. The zero-order valence-electron chi connectivity index (χ0n) is 19.0. The highest BCUT2D eigenvalue weighted by molar-refractivity contribution is 7.18. The molecule has 1 N–H and O–H groups in total. The zero-order valence-corrected chi connectivity index (χ0v) is 19.8. The number of amides is 3. The Morgan fingerprint density at radius 3 is 2.65 bits per heavy atom. The molecule has 3 amide bonds. The van der Waals surface area contributed by atoms with Gasteiger partial charge in [0.2, 0.25) is 0 Å². The molecule has 0 saturated carbocycles. The molecule has 2 fully saturated rings. The Hall–Kier alpha value is -3.17. The van der Waals surface area contributed by atoms with Crippen LogP contribution >= 0.6 is 11.3 Å². The van der Waals surface area contributed by atoms with Crippen molar-refractivity contribution in [1.29, 1.82) is 0 Å². The van der Waals surface area contributed by atoms with Gasteiger partial charge in [-0.3, -0.25) is 9.69 Å². The third-order valence-electron chi connectivity index (χ3n) is 6.98. The van der Waals surface area contributed by atoms with Crippen molar-refractivity contribution < 1.29 is 19.1 Å². The summed E-state index contributed by atoms with van der Waals surface area (Å²) in [5, 5.41) is 4.08. The van der Waals surface area contributed by atoms with E-state index in [9.17, 15) is 9.59 Å². The maximum absolute atomic E-state index is 13.4. The van der Waals surface area contributed by atoms with Gasteiger partial charge in [-0.05, 0) is 49.6 Å². The van der Waals surface area contributed by atoms with Gasteiger partial charge in [0.25, 0.3) is 5.91 Å². The van der Waals surface area contributed by atoms with Crippen molar-refractivity contribution in [2.24, 2.45) is 0 Å². The number of likely N-dealkylation sites (tertiary alicyclic amines) is 1. The Morgan fingerprint density at radius 2 is 1.85 bits per heavy atom. The summed E-state index contributed by atoms with van der Waals surface area (Å²) in [6, 6.07) is 13.3. The molecule has 8 nitrogen and oxygen atoms in total. The van der Waals surface area contributed by atoms with Crippen LogP contribution in [0.15, 0.2) is 42.5 Å². The van der Waals surface area contributed by atoms with Crippen LogP contribution in [0.5, 0.6) is 11.5 Å². The molecule has 9 heteroatoms. The van der Waals surface area contributed by atoms with Gasteiger partial charge in [-0.2, -0.15) is 0 Å². The second kappa shape index (κ2) is 8.25. The SMILES string of the molecule is CC1(c2ccc3c(c2)OCCO3)NC(=O)N(CN2CCC(c3nc4ccccc4s3)CC2)C1=O. The largest absolute Gasteiger partial charge is 0.486 e. The van der Waals surface area contributed by atoms with Crippen LogP contribution in [-0.2, 0) is 10.3 Å². The summed E-state index contributed by atoms with van der Waals surface area (Å²) in [6.45, 7) is 4.64. The van der Waals surface area contributed by atoms with E-state index in [0.29, 0.717) is 36.2 Å². The second-order valence-corrected chi connectivity index (χ2v) is 10.3. The summed E-state index contributed by atoms with van der Waals surface area (Å²) in [5.74, 6) is 1.42. The van der Waals surface area contributed by atoms with Gasteiger partial charge < -0.3 is 14.8 Å². The number of aromatic nitrogens is 1. The van der Waals surface area contributed by atoms with Crippen LogP contribution in [0.3, 0.4) is 0 Å². The number of carbonyl (C=O) groups is 2. The molecule has 0 bridgehead atoms. The van der Waals surface area contributed by atoms with Gasteiger partial charge >= 0.3 is 6.03 Å². The monoisotopic (exact) mass is 478 g/mol. The number of para-hydroxylation sites is 1. The van der Waals surface area contributed by atoms with Gasteiger partial charge in [-0.25, -0.2) is 14.7 Å². The van der Waals surface area contributed by atoms with Crippen molar-refractivity contribution in [3.8, 4) is 11.5 Å². The van der Waals surface area contributed by atoms with Gasteiger partial charge in [0, 0.05) is 19.0 Å². The van der Waals surface area contributed by atoms with Crippen molar-refractivity contribution in [1.82, 2.24) is 20.1 Å². The zero-order chi connectivity index (χ0) is 23.3. The number of rotatable bonds is 4. The molecule has 0 radical (unpaired) electrons. The number of benzene rings is 2. The van der Waals surface area contributed by atoms with Crippen LogP contribution in [0.4, 0.5) is 4.79 Å². The summed E-state index contributed by atoms with van der Waals surface area (Å²) in [7, 11) is 0. The van der Waals surface area contributed by atoms with Crippen LogP contribution in [0.25, 0.3) is 10.2 Å². The van der Waals surface area contributed by atoms with Crippen LogP contribution in [0.1, 0.15) is 36.3 Å². The Labute approximate surface area is 201 Å². The first-order chi connectivity index (χ1) is 16.5. The molecule has 2 saturated heterocycles. The van der Waals surface area contributed by atoms with E-state index >= 15 is 0 Å². The molecule has 1 aromatic heterocycles. The van der Waals surface area contributed by atoms with Crippen LogP contribution in [-0.4, -0.2) is 59.7 Å². The minimum absolute atomic E-state index is 0.248. The van der Waals surface area contributed by atoms with Crippen LogP contribution in [0.2, 0.25) is 0 Å². The van der Waals surface area contributed by atoms with Crippen LogP contribution in [0, 0.1) is 0 Å². The molecule has 34 heavy (non-hydrogen) atoms. The Balaban J connectivity index is 1.13. The fraction of sp³-hybridized carbons (Fsp3) is 0.400. The molecular formula is C25H26N4O4S. The van der Waals surface area contributed by atoms with Crippen molar-refractivity contribution in [2.45, 2.75) is 31.2 Å². The normalized spacial score (nSPS) is 23.5. The van der Waals surface area contributed by atoms with E-state index < -0.39 is 5.54 Å². The molecule has 176 valence electrons. The summed E-state index contributed by atoms with van der Waals surface area (Å²) >= 11 is 1.77. The molecule has 1 atom stereocenters. The Kier molecular flexibility index (Phi) is 5.18. The number of carbonyl (C=O) groups excluding carboxylic acids is 2. The number of urea groups is 1. The number of nitrogens with one attached hydrogen (secondary N) is 1. The number of hydrogen-bond donors (Lipinski definition) is 1. The van der Waals surface area contributed by atoms with E-state index in [1.54, 1.807) is 30.4 Å². The third-order valence-corrected chi connectivity index (χ3v) is 8.18. The van der Waals surface area contributed by atoms with Gasteiger partial charge in [-0.15, -0.1) is 11.3 Å². The number of hydrogen-bond acceptors (Lipinski definition) is 7. The van der Waals surface area contributed by atoms with Crippen LogP contribution < -0.4 is 14.8 Å². The highest BCUT2D eigenvalue weighted by Gasteiger charge is 2.49. The fourth-order valence-corrected chi connectivity index (χ4v) is 6.10. The highest BCUT2D eigenvalue weighted by Crippen LogP contribution is 2.38. The number of nitrogens with zero attached hydrogens (tertiary/aromatic N) is 3. The smallest absolute Gasteiger partial charge is 0.326 e. The predicted molar refractivity (Wildman–Crippen MR) is 128 cm³/mol. The topological polar surface area (TPSA) is 84.0 Å². The van der Waals surface area contributed by atoms with E-state index in [1.165, 1.54) is 14.6 Å². The first-order valence-electron chi connectivity index (χ1n) is 11.6. The first-order valence-corrected chi connectivity index (χ1v) is 12.4. The molecule has 6 rings (SSSR count). The second-order valence-electron chi connectivity index (χ2n) is 9.20. The van der Waals surface area contributed by atoms with Crippen molar-refractivity contribution in [3.63, 3.8) is 0 Å². The lowest BCUT2D eigenvalue weighted by Crippen LogP contribution is -2.46. The molecule has 4 heterocycles. The molecule has 1 unspecified atom stereocenters. The number of thiazole rings is 1. The lowest BCUT2D eigenvalue weighted by atomic mass is 9.91. The fourth-order valence-electron chi connectivity index (χ4n) is 4.96. The van der Waals surface area contributed by atoms with E-state index in [0.717, 1.165) is 31.4 Å². The Bertz CT molecular complexity index is 1240. The standard InChI is InChI=1S/C25H26N4O4S/c1-25(17-6-7-19-20(14-17)33-13-12-32-19)23(30)29(24(31)27-25)15-28-10-8-16(9-11-28)22-26-18-4-2-3-5-21(18)34-22/h2-7,14,16H,8-13,15H2,1H3,(H,27,31). The van der Waals surface area contributed by atoms with Gasteiger partial charge in [0.1, 0.15) is 18.8 Å². The average molecular weight is 479 g/mol. The number of imide groups is 1. The molecule has 0 spiro atoms. The van der Waals surface area contributed by atoms with E-state index in [2.05, 4.69) is 22.3 Å². The lowest BCUT2D eigenvalue weighted by molar-refractivity contribution is -0.132. The summed E-state index contributed by atoms with van der Waals surface area (Å²) < 4.78 is 12.5. The van der Waals surface area contributed by atoms with Crippen molar-refractivity contribution in [3.05, 3.63) is 53.0 Å². The molecule has 2 aromatic carbocycles. The summed E-state index contributed by atoms with van der Waals surface area (Å²) in [4.78, 5) is 34.6. The van der Waals surface area contributed by atoms with Gasteiger partial charge in [0.05, 0.1) is 21.9 Å². The quantitative estimate of drug-likeness (QED) is 0.576. The minimum Gasteiger partial charge on any atom is -0.486 e. The van der Waals surface area contributed by atoms with Crippen molar-refractivity contribution >= 4 is 33.5 Å². The van der Waals surface area contributed by atoms with E-state index in [-0.39, 0.29) is 18.6 Å². The maximum Gasteiger partial charge on any atom is 0.326 e. The maximum atomic E-state index is 13.4. The molecule has 3 aliphatic rings. The average Bonchev–Trinajstić information content (AvgIpc) is 3.39. The van der Waals surface area contributed by atoms with Crippen molar-refractivity contribution in [2.75, 3.05) is 33.0 Å². The lowest BCUT2D eigenvalue weighted by Gasteiger charge is -2.33. The first kappa shape index (κ1) is 21.4. The predicted octanol–water partition coefficient (Wildman–Crippen LogP) is 3.67. The molecule has 3 aliphatic heterocycles. The third kappa shape index (κ3) is 3.59.